The summed E-state index contributed by atoms with van der Waals surface area (Å²) in [6.07, 6.45) is 5.14. The van der Waals surface area contributed by atoms with Crippen LogP contribution in [-0.4, -0.2) is 62.2 Å². The van der Waals surface area contributed by atoms with E-state index in [1.54, 1.807) is 6.20 Å². The largest absolute Gasteiger partial charge is 0.492 e. The number of carbonyl (C=O) groups excluding carboxylic acids is 1. The van der Waals surface area contributed by atoms with Crippen molar-refractivity contribution >= 4 is 33.9 Å². The van der Waals surface area contributed by atoms with Crippen molar-refractivity contribution in [3.63, 3.8) is 0 Å². The minimum atomic E-state index is -0.0871. The van der Waals surface area contributed by atoms with Crippen LogP contribution in [0.3, 0.4) is 0 Å². The van der Waals surface area contributed by atoms with Crippen LogP contribution in [0.15, 0.2) is 30.5 Å². The van der Waals surface area contributed by atoms with Gasteiger partial charge in [-0.3, -0.25) is 9.78 Å². The number of nitriles is 1. The van der Waals surface area contributed by atoms with Gasteiger partial charge in [-0.2, -0.15) is 5.26 Å². The molecule has 3 N–H and O–H groups in total. The monoisotopic (exact) mass is 572 g/mol. The molecule has 1 saturated heterocycles. The van der Waals surface area contributed by atoms with Gasteiger partial charge in [-0.1, -0.05) is 6.92 Å². The van der Waals surface area contributed by atoms with Crippen LogP contribution in [0, 0.1) is 31.1 Å². The first-order valence-corrected chi connectivity index (χ1v) is 14.9. The van der Waals surface area contributed by atoms with Gasteiger partial charge in [-0.05, 0) is 102 Å². The van der Waals surface area contributed by atoms with E-state index in [9.17, 15) is 10.1 Å². The van der Waals surface area contributed by atoms with Crippen LogP contribution in [-0.2, 0) is 4.79 Å². The summed E-state index contributed by atoms with van der Waals surface area (Å²) in [6, 6.07) is 10.4. The van der Waals surface area contributed by atoms with E-state index in [4.69, 9.17) is 9.47 Å². The molecule has 3 aromatic rings. The molecule has 1 aliphatic rings. The number of rotatable bonds is 12. The van der Waals surface area contributed by atoms with E-state index in [-0.39, 0.29) is 5.91 Å². The zero-order valence-corrected chi connectivity index (χ0v) is 25.8. The Bertz CT molecular complexity index is 1450. The van der Waals surface area contributed by atoms with Crippen LogP contribution < -0.4 is 25.4 Å². The van der Waals surface area contributed by atoms with Gasteiger partial charge in [0.2, 0.25) is 5.91 Å². The first-order valence-electron chi connectivity index (χ1n) is 14.9. The first-order chi connectivity index (χ1) is 20.2. The van der Waals surface area contributed by atoms with Gasteiger partial charge in [0.15, 0.2) is 0 Å². The molecule has 2 atom stereocenters. The Kier molecular flexibility index (Phi) is 10.6. The van der Waals surface area contributed by atoms with Crippen molar-refractivity contribution in [2.75, 3.05) is 51.0 Å². The predicted octanol–water partition coefficient (Wildman–Crippen LogP) is 5.91. The number of hydrogen-bond acceptors (Lipinski definition) is 8. The maximum atomic E-state index is 12.8. The number of benzene rings is 2. The minimum Gasteiger partial charge on any atom is -0.492 e. The summed E-state index contributed by atoms with van der Waals surface area (Å²) in [4.78, 5) is 19.4. The molecule has 9 nitrogen and oxygen atoms in total. The van der Waals surface area contributed by atoms with E-state index >= 15 is 0 Å². The molecule has 2 heterocycles. The second-order valence-electron chi connectivity index (χ2n) is 11.5. The molecule has 1 aromatic heterocycles. The molecular weight excluding hydrogens is 528 g/mol. The van der Waals surface area contributed by atoms with Gasteiger partial charge in [0.1, 0.15) is 24.2 Å². The van der Waals surface area contributed by atoms with Crippen LogP contribution in [0.25, 0.3) is 10.9 Å². The van der Waals surface area contributed by atoms with Gasteiger partial charge < -0.3 is 30.3 Å². The molecule has 0 bridgehead atoms. The maximum absolute atomic E-state index is 12.8. The number of ether oxygens (including phenoxy) is 2. The summed E-state index contributed by atoms with van der Waals surface area (Å²) in [5.41, 5.74) is 5.13. The van der Waals surface area contributed by atoms with Gasteiger partial charge in [0, 0.05) is 35.8 Å². The number of piperidine rings is 1. The fraction of sp³-hybridized carbons (Fsp3) is 0.485. The Hall–Kier alpha value is -3.87. The number of fused-ring (bicyclic) bond motifs is 1. The lowest BCUT2D eigenvalue weighted by Crippen LogP contribution is -2.44. The molecule has 0 spiro atoms. The van der Waals surface area contributed by atoms with E-state index in [2.05, 4.69) is 44.9 Å². The van der Waals surface area contributed by atoms with Gasteiger partial charge >= 0.3 is 0 Å². The third-order valence-corrected chi connectivity index (χ3v) is 7.80. The second-order valence-corrected chi connectivity index (χ2v) is 11.5. The molecule has 9 heteroatoms. The number of nitrogens with one attached hydrogen (secondary N) is 3. The number of carbonyl (C=O) groups is 1. The molecule has 1 aliphatic heterocycles. The molecule has 0 saturated carbocycles. The highest BCUT2D eigenvalue weighted by atomic mass is 16.5. The molecule has 0 aliphatic carbocycles. The Morgan fingerprint density at radius 3 is 2.67 bits per heavy atom. The van der Waals surface area contributed by atoms with Crippen molar-refractivity contribution in [1.82, 2.24) is 15.2 Å². The van der Waals surface area contributed by atoms with Crippen molar-refractivity contribution in [3.8, 4) is 17.6 Å². The summed E-state index contributed by atoms with van der Waals surface area (Å²) in [7, 11) is 3.98. The standard InChI is InChI=1S/C33H44N6O3/c1-7-41-31-17-27-25(16-28(31)37-32(40)11-9-13-39(5)6)33(24(18-34)19-36-27)38-26-14-23(4)30(15-22(26)3)42-20-29-21(2)10-8-12-35-29/h14-17,19,21,29,35H,7-13,20H2,1-6H3,(H,36,38)(H,37,40). The highest BCUT2D eigenvalue weighted by molar-refractivity contribution is 6.02. The average molecular weight is 573 g/mol. The summed E-state index contributed by atoms with van der Waals surface area (Å²) < 4.78 is 12.1. The third kappa shape index (κ3) is 7.69. The Morgan fingerprint density at radius 1 is 1.14 bits per heavy atom. The number of amides is 1. The highest BCUT2D eigenvalue weighted by Crippen LogP contribution is 2.37. The normalized spacial score (nSPS) is 16.7. The highest BCUT2D eigenvalue weighted by Gasteiger charge is 2.22. The molecule has 1 fully saturated rings. The predicted molar refractivity (Wildman–Crippen MR) is 169 cm³/mol. The molecule has 1 amide bonds. The number of nitrogens with zero attached hydrogens (tertiary/aromatic N) is 3. The van der Waals surface area contributed by atoms with E-state index < -0.39 is 0 Å². The molecule has 2 unspecified atom stereocenters. The van der Waals surface area contributed by atoms with Crippen LogP contribution in [0.2, 0.25) is 0 Å². The average Bonchev–Trinajstić information content (AvgIpc) is 2.95. The Balaban J connectivity index is 1.63. The zero-order valence-electron chi connectivity index (χ0n) is 25.8. The Morgan fingerprint density at radius 2 is 1.95 bits per heavy atom. The van der Waals surface area contributed by atoms with Gasteiger partial charge in [0.05, 0.1) is 29.1 Å². The fourth-order valence-corrected chi connectivity index (χ4v) is 5.31. The fourth-order valence-electron chi connectivity index (χ4n) is 5.31. The number of hydrogen-bond donors (Lipinski definition) is 3. The molecule has 2 aromatic carbocycles. The lowest BCUT2D eigenvalue weighted by atomic mass is 9.93. The summed E-state index contributed by atoms with van der Waals surface area (Å²) in [5, 5.41) is 20.8. The van der Waals surface area contributed by atoms with Gasteiger partial charge in [0.25, 0.3) is 0 Å². The second kappa shape index (κ2) is 14.3. The smallest absolute Gasteiger partial charge is 0.224 e. The summed E-state index contributed by atoms with van der Waals surface area (Å²) in [5.74, 6) is 1.90. The lowest BCUT2D eigenvalue weighted by Gasteiger charge is -2.30. The van der Waals surface area contributed by atoms with Crippen LogP contribution in [0.1, 0.15) is 56.2 Å². The first kappa shape index (κ1) is 31.1. The quantitative estimate of drug-likeness (QED) is 0.246. The maximum Gasteiger partial charge on any atom is 0.224 e. The third-order valence-electron chi connectivity index (χ3n) is 7.80. The number of aromatic nitrogens is 1. The zero-order chi connectivity index (χ0) is 30.2. The van der Waals surface area contributed by atoms with Crippen molar-refractivity contribution in [1.29, 1.82) is 5.26 Å². The van der Waals surface area contributed by atoms with Crippen LogP contribution >= 0.6 is 0 Å². The molecule has 224 valence electrons. The van der Waals surface area contributed by atoms with Crippen LogP contribution in [0.4, 0.5) is 17.1 Å². The van der Waals surface area contributed by atoms with Gasteiger partial charge in [-0.15, -0.1) is 0 Å². The van der Waals surface area contributed by atoms with E-state index in [0.29, 0.717) is 59.8 Å². The van der Waals surface area contributed by atoms with Crippen molar-refractivity contribution < 1.29 is 14.3 Å². The minimum absolute atomic E-state index is 0.0871. The Labute approximate surface area is 249 Å². The SMILES string of the molecule is CCOc1cc2ncc(C#N)c(Nc3cc(C)c(OCC4NCCCC4C)cc3C)c2cc1NC(=O)CCCN(C)C. The number of anilines is 3. The topological polar surface area (TPSA) is 112 Å². The lowest BCUT2D eigenvalue weighted by molar-refractivity contribution is -0.116. The van der Waals surface area contributed by atoms with E-state index in [1.165, 1.54) is 12.8 Å². The number of pyridine rings is 1. The van der Waals surface area contributed by atoms with Crippen LogP contribution in [0.5, 0.6) is 11.5 Å². The molecule has 42 heavy (non-hydrogen) atoms. The van der Waals surface area contributed by atoms with E-state index in [0.717, 1.165) is 47.5 Å². The van der Waals surface area contributed by atoms with E-state index in [1.807, 2.05) is 53.1 Å². The van der Waals surface area contributed by atoms with Crippen molar-refractivity contribution in [3.05, 3.63) is 47.2 Å². The molecule has 4 rings (SSSR count). The van der Waals surface area contributed by atoms with Gasteiger partial charge in [-0.25, -0.2) is 0 Å². The van der Waals surface area contributed by atoms with Crippen molar-refractivity contribution in [2.45, 2.75) is 59.4 Å². The summed E-state index contributed by atoms with van der Waals surface area (Å²) in [6.45, 7) is 11.2. The molecule has 0 radical (unpaired) electrons. The molecular formula is C33H44N6O3. The number of aryl methyl sites for hydroxylation is 2. The summed E-state index contributed by atoms with van der Waals surface area (Å²) >= 11 is 0. The van der Waals surface area contributed by atoms with Crippen molar-refractivity contribution in [2.24, 2.45) is 5.92 Å².